The number of carbonyl (C=O) groups is 2. The van der Waals surface area contributed by atoms with Crippen LogP contribution in [0.4, 0.5) is 0 Å². The van der Waals surface area contributed by atoms with Gasteiger partial charge in [0.05, 0.1) is 11.8 Å². The zero-order valence-corrected chi connectivity index (χ0v) is 13.1. The van der Waals surface area contributed by atoms with E-state index < -0.39 is 18.2 Å². The van der Waals surface area contributed by atoms with Crippen LogP contribution in [-0.4, -0.2) is 23.3 Å². The average Bonchev–Trinajstić information content (AvgIpc) is 3.13. The van der Waals surface area contributed by atoms with Crippen molar-refractivity contribution in [3.05, 3.63) is 44.9 Å². The normalized spacial score (nSPS) is 24.5. The predicted molar refractivity (Wildman–Crippen MR) is 80.4 cm³/mol. The molecule has 0 amide bonds. The van der Waals surface area contributed by atoms with Crippen LogP contribution in [0.3, 0.4) is 0 Å². The third-order valence-electron chi connectivity index (χ3n) is 4.21. The zero-order valence-electron chi connectivity index (χ0n) is 12.3. The number of esters is 1. The van der Waals surface area contributed by atoms with Crippen molar-refractivity contribution in [1.82, 2.24) is 0 Å². The Hall–Kier alpha value is -2.08. The van der Waals surface area contributed by atoms with Crippen LogP contribution in [0.5, 0.6) is 0 Å². The van der Waals surface area contributed by atoms with Gasteiger partial charge < -0.3 is 14.6 Å². The van der Waals surface area contributed by atoms with Crippen LogP contribution in [-0.2, 0) is 25.5 Å². The maximum Gasteiger partial charge on any atom is 0.337 e. The number of cyclic esters (lactones) is 1. The summed E-state index contributed by atoms with van der Waals surface area (Å²) < 4.78 is 10.5. The Morgan fingerprint density at radius 1 is 1.50 bits per heavy atom. The van der Waals surface area contributed by atoms with Crippen LogP contribution in [0.1, 0.15) is 36.6 Å². The fourth-order valence-electron chi connectivity index (χ4n) is 2.75. The van der Waals surface area contributed by atoms with E-state index in [0.29, 0.717) is 11.1 Å². The lowest BCUT2D eigenvalue weighted by molar-refractivity contribution is -0.153. The fourth-order valence-corrected chi connectivity index (χ4v) is 3.86. The van der Waals surface area contributed by atoms with Crippen LogP contribution in [0.25, 0.3) is 0 Å². The molecule has 1 aromatic heterocycles. The molecule has 0 spiro atoms. The fraction of sp³-hybridized carbons (Fsp3) is 0.375. The molecule has 22 heavy (non-hydrogen) atoms. The van der Waals surface area contributed by atoms with E-state index >= 15 is 0 Å². The lowest BCUT2D eigenvalue weighted by Gasteiger charge is -2.15. The third-order valence-corrected chi connectivity index (χ3v) is 5.28. The molecule has 116 valence electrons. The van der Waals surface area contributed by atoms with E-state index in [4.69, 9.17) is 9.47 Å². The highest BCUT2D eigenvalue weighted by Crippen LogP contribution is 2.41. The molecule has 3 rings (SSSR count). The van der Waals surface area contributed by atoms with E-state index in [1.165, 1.54) is 11.8 Å². The van der Waals surface area contributed by atoms with Crippen LogP contribution in [0.15, 0.2) is 34.4 Å². The number of rotatable bonds is 4. The van der Waals surface area contributed by atoms with Gasteiger partial charge in [0.15, 0.2) is 0 Å². The number of thiophene rings is 1. The third kappa shape index (κ3) is 2.43. The summed E-state index contributed by atoms with van der Waals surface area (Å²) >= 11 is 1.57. The molecule has 0 saturated heterocycles. The van der Waals surface area contributed by atoms with Gasteiger partial charge in [0, 0.05) is 21.9 Å². The molecule has 2 unspecified atom stereocenters. The van der Waals surface area contributed by atoms with Crippen LogP contribution in [0, 0.1) is 0 Å². The first-order valence-electron chi connectivity index (χ1n) is 7.02. The molecular weight excluding hydrogens is 304 g/mol. The number of ether oxygens (including phenoxy) is 2. The molecule has 0 saturated carbocycles. The highest BCUT2D eigenvalue weighted by Gasteiger charge is 2.33. The Balaban J connectivity index is 1.82. The Morgan fingerprint density at radius 2 is 2.27 bits per heavy atom. The monoisotopic (exact) mass is 320 g/mol. The van der Waals surface area contributed by atoms with Gasteiger partial charge in [-0.1, -0.05) is 0 Å². The van der Waals surface area contributed by atoms with Crippen molar-refractivity contribution in [2.45, 2.75) is 38.9 Å². The largest absolute Gasteiger partial charge is 0.478 e. The predicted octanol–water partition coefficient (Wildman–Crippen LogP) is 2.98. The number of aliphatic carboxylic acids is 1. The molecule has 1 N–H and O–H groups in total. The highest BCUT2D eigenvalue weighted by molar-refractivity contribution is 7.10. The van der Waals surface area contributed by atoms with Crippen molar-refractivity contribution < 1.29 is 24.2 Å². The molecule has 0 bridgehead atoms. The van der Waals surface area contributed by atoms with Crippen LogP contribution in [0.2, 0.25) is 0 Å². The highest BCUT2D eigenvalue weighted by atomic mass is 32.1. The zero-order chi connectivity index (χ0) is 15.9. The molecule has 0 fully saturated rings. The summed E-state index contributed by atoms with van der Waals surface area (Å²) in [5, 5.41) is 11.5. The van der Waals surface area contributed by atoms with Crippen molar-refractivity contribution in [1.29, 1.82) is 0 Å². The van der Waals surface area contributed by atoms with Gasteiger partial charge in [-0.15, -0.1) is 11.3 Å². The molecule has 0 radical (unpaired) electrons. The molecule has 0 aromatic carbocycles. The first-order chi connectivity index (χ1) is 10.5. The number of fused-ring (bicyclic) bond motifs is 1. The number of carboxylic acid groups (broad SMARTS) is 1. The first kappa shape index (κ1) is 14.8. The van der Waals surface area contributed by atoms with E-state index in [-0.39, 0.29) is 11.5 Å². The second kappa shape index (κ2) is 5.61. The summed E-state index contributed by atoms with van der Waals surface area (Å²) in [6.07, 6.45) is 2.06. The topological polar surface area (TPSA) is 72.8 Å². The van der Waals surface area contributed by atoms with Gasteiger partial charge in [-0.3, -0.25) is 0 Å². The standard InChI is InChI=1S/C16H16O5S/c1-8-9(2)16(21-15(8)19)20-7-12(14(17)18)11-4-3-10-5-6-22-13(10)11/h5-7,11,16H,3-4H2,1-2H3,(H,17,18)/b12-7+. The smallest absolute Gasteiger partial charge is 0.337 e. The quantitative estimate of drug-likeness (QED) is 0.524. The number of hydrogen-bond donors (Lipinski definition) is 1. The Morgan fingerprint density at radius 3 is 2.91 bits per heavy atom. The Labute approximate surface area is 131 Å². The number of hydrogen-bond acceptors (Lipinski definition) is 5. The molecule has 2 atom stereocenters. The molecule has 2 aliphatic rings. The van der Waals surface area contributed by atoms with Gasteiger partial charge in [0.1, 0.15) is 0 Å². The van der Waals surface area contributed by atoms with E-state index in [2.05, 4.69) is 0 Å². The molecule has 1 aliphatic heterocycles. The lowest BCUT2D eigenvalue weighted by Crippen LogP contribution is -2.15. The molecule has 6 heteroatoms. The lowest BCUT2D eigenvalue weighted by atomic mass is 9.99. The van der Waals surface area contributed by atoms with Crippen molar-refractivity contribution in [3.63, 3.8) is 0 Å². The van der Waals surface area contributed by atoms with Gasteiger partial charge in [-0.05, 0) is 43.7 Å². The summed E-state index contributed by atoms with van der Waals surface area (Å²) in [4.78, 5) is 24.1. The van der Waals surface area contributed by atoms with Gasteiger partial charge in [-0.2, -0.15) is 0 Å². The minimum Gasteiger partial charge on any atom is -0.478 e. The second-order valence-electron chi connectivity index (χ2n) is 5.46. The Bertz CT molecular complexity index is 697. The summed E-state index contributed by atoms with van der Waals surface area (Å²) in [7, 11) is 0. The van der Waals surface area contributed by atoms with E-state index in [1.54, 1.807) is 25.2 Å². The Kier molecular flexibility index (Phi) is 3.78. The van der Waals surface area contributed by atoms with Gasteiger partial charge >= 0.3 is 11.9 Å². The van der Waals surface area contributed by atoms with E-state index in [1.807, 2.05) is 11.4 Å². The minimum atomic E-state index is -1.01. The van der Waals surface area contributed by atoms with Crippen LogP contribution < -0.4 is 0 Å². The van der Waals surface area contributed by atoms with Crippen molar-refractivity contribution in [2.75, 3.05) is 0 Å². The molecule has 1 aliphatic carbocycles. The SMILES string of the molecule is CC1=C(C)C(O/C=C(/C(=O)O)C2CCc3ccsc32)OC1=O. The number of carboxylic acids is 1. The van der Waals surface area contributed by atoms with Crippen molar-refractivity contribution in [2.24, 2.45) is 0 Å². The van der Waals surface area contributed by atoms with Crippen molar-refractivity contribution in [3.8, 4) is 0 Å². The summed E-state index contributed by atoms with van der Waals surface area (Å²) in [6, 6.07) is 2.04. The summed E-state index contributed by atoms with van der Waals surface area (Å²) in [6.45, 7) is 3.41. The average molecular weight is 320 g/mol. The molecule has 5 nitrogen and oxygen atoms in total. The maximum atomic E-state index is 11.6. The van der Waals surface area contributed by atoms with Gasteiger partial charge in [0.25, 0.3) is 6.29 Å². The molecular formula is C16H16O5S. The molecule has 1 aromatic rings. The minimum absolute atomic E-state index is 0.157. The second-order valence-corrected chi connectivity index (χ2v) is 6.41. The van der Waals surface area contributed by atoms with E-state index in [9.17, 15) is 14.7 Å². The summed E-state index contributed by atoms with van der Waals surface area (Å²) in [5.74, 6) is -1.59. The van der Waals surface area contributed by atoms with Gasteiger partial charge in [-0.25, -0.2) is 9.59 Å². The summed E-state index contributed by atoms with van der Waals surface area (Å²) in [5.41, 5.74) is 2.60. The van der Waals surface area contributed by atoms with E-state index in [0.717, 1.165) is 17.7 Å². The number of aryl methyl sites for hydroxylation is 1. The van der Waals surface area contributed by atoms with Gasteiger partial charge in [0.2, 0.25) is 0 Å². The first-order valence-corrected chi connectivity index (χ1v) is 7.90. The maximum absolute atomic E-state index is 11.6. The molecule has 2 heterocycles. The van der Waals surface area contributed by atoms with Crippen molar-refractivity contribution >= 4 is 23.3 Å². The number of carbonyl (C=O) groups excluding carboxylic acids is 1. The van der Waals surface area contributed by atoms with Crippen LogP contribution >= 0.6 is 11.3 Å².